The van der Waals surface area contributed by atoms with Gasteiger partial charge in [-0.3, -0.25) is 4.57 Å². The Bertz CT molecular complexity index is 2370. The molecule has 0 bridgehead atoms. The Morgan fingerprint density at radius 1 is 0.489 bits per heavy atom. The lowest BCUT2D eigenvalue weighted by Gasteiger charge is -2.42. The van der Waals surface area contributed by atoms with Crippen LogP contribution in [0.3, 0.4) is 0 Å². The molecule has 6 aromatic carbocycles. The average molecular weight is 606 g/mol. The number of hydrogen-bond donors (Lipinski definition) is 0. The Labute approximate surface area is 273 Å². The topological polar surface area (TPSA) is 46.8 Å². The van der Waals surface area contributed by atoms with Gasteiger partial charge < -0.3 is 4.90 Å². The first-order valence-electron chi connectivity index (χ1n) is 16.0. The summed E-state index contributed by atoms with van der Waals surface area (Å²) in [7, 11) is 0. The van der Waals surface area contributed by atoms with E-state index in [9.17, 15) is 0 Å². The van der Waals surface area contributed by atoms with Crippen LogP contribution in [0.5, 0.6) is 0 Å². The second-order valence-electron chi connectivity index (χ2n) is 12.5. The first kappa shape index (κ1) is 27.3. The van der Waals surface area contributed by atoms with Gasteiger partial charge in [-0.1, -0.05) is 135 Å². The zero-order chi connectivity index (χ0) is 31.5. The van der Waals surface area contributed by atoms with E-state index >= 15 is 0 Å². The molecule has 0 amide bonds. The van der Waals surface area contributed by atoms with Crippen LogP contribution in [0.25, 0.3) is 50.5 Å². The number of benzene rings is 6. The molecule has 0 N–H and O–H groups in total. The van der Waals surface area contributed by atoms with E-state index in [1.807, 2.05) is 36.4 Å². The van der Waals surface area contributed by atoms with Gasteiger partial charge in [0.2, 0.25) is 5.95 Å². The van der Waals surface area contributed by atoms with Gasteiger partial charge in [0.25, 0.3) is 0 Å². The molecule has 1 aliphatic heterocycles. The van der Waals surface area contributed by atoms with Crippen molar-refractivity contribution in [2.75, 3.05) is 4.90 Å². The number of rotatable bonds is 4. The highest BCUT2D eigenvalue weighted by Crippen LogP contribution is 2.55. The van der Waals surface area contributed by atoms with Gasteiger partial charge in [0.15, 0.2) is 11.6 Å². The highest BCUT2D eigenvalue weighted by Gasteiger charge is 2.40. The molecule has 3 heterocycles. The third-order valence-electron chi connectivity index (χ3n) is 9.40. The Kier molecular flexibility index (Phi) is 6.09. The van der Waals surface area contributed by atoms with E-state index in [4.69, 9.17) is 15.0 Å². The Hall–Kier alpha value is -6.07. The predicted octanol–water partition coefficient (Wildman–Crippen LogP) is 10.4. The third-order valence-corrected chi connectivity index (χ3v) is 9.40. The normalized spacial score (nSPS) is 13.4. The molecule has 0 spiro atoms. The van der Waals surface area contributed by atoms with Gasteiger partial charge in [0.05, 0.1) is 22.4 Å². The van der Waals surface area contributed by atoms with E-state index in [1.165, 1.54) is 22.2 Å². The van der Waals surface area contributed by atoms with Crippen molar-refractivity contribution < 1.29 is 0 Å². The van der Waals surface area contributed by atoms with Crippen LogP contribution in [-0.4, -0.2) is 19.5 Å². The summed E-state index contributed by atoms with van der Waals surface area (Å²) in [5.74, 6) is 1.87. The van der Waals surface area contributed by atoms with Crippen LogP contribution in [0, 0.1) is 0 Å². The van der Waals surface area contributed by atoms with E-state index in [-0.39, 0.29) is 5.41 Å². The number of fused-ring (bicyclic) bond motifs is 6. The number of para-hydroxylation sites is 3. The molecular weight excluding hydrogens is 574 g/mol. The van der Waals surface area contributed by atoms with E-state index in [1.54, 1.807) is 0 Å². The molecule has 0 saturated carbocycles. The molecule has 0 aliphatic carbocycles. The van der Waals surface area contributed by atoms with Crippen molar-refractivity contribution in [2.24, 2.45) is 0 Å². The zero-order valence-electron chi connectivity index (χ0n) is 26.2. The summed E-state index contributed by atoms with van der Waals surface area (Å²) in [4.78, 5) is 17.8. The van der Waals surface area contributed by atoms with Crippen molar-refractivity contribution in [2.45, 2.75) is 19.3 Å². The van der Waals surface area contributed by atoms with Gasteiger partial charge >= 0.3 is 0 Å². The molecule has 0 unspecified atom stereocenters. The Morgan fingerprint density at radius 3 is 1.74 bits per heavy atom. The van der Waals surface area contributed by atoms with Gasteiger partial charge in [-0.2, -0.15) is 9.97 Å². The lowest BCUT2D eigenvalue weighted by atomic mass is 9.72. The van der Waals surface area contributed by atoms with Crippen LogP contribution in [0.4, 0.5) is 17.1 Å². The van der Waals surface area contributed by atoms with Crippen molar-refractivity contribution in [3.8, 4) is 28.7 Å². The monoisotopic (exact) mass is 605 g/mol. The number of aromatic nitrogens is 4. The summed E-state index contributed by atoms with van der Waals surface area (Å²) >= 11 is 0. The standard InChI is InChI=1S/C42H31N5/c1-42(2)33-23-13-15-25-35(33)46(30-20-10-5-11-21-30)36-27-26-32-31-22-12-14-24-34(31)47(38(32)37(36)42)41-44-39(28-16-6-3-7-17-28)43-40(45-41)29-18-8-4-9-19-29/h3-27H,1-2H3. The van der Waals surface area contributed by atoms with Gasteiger partial charge in [-0.05, 0) is 35.9 Å². The highest BCUT2D eigenvalue weighted by atomic mass is 15.2. The smallest absolute Gasteiger partial charge is 0.238 e. The molecule has 0 saturated heterocycles. The molecule has 0 fully saturated rings. The van der Waals surface area contributed by atoms with E-state index in [2.05, 4.69) is 139 Å². The predicted molar refractivity (Wildman–Crippen MR) is 192 cm³/mol. The lowest BCUT2D eigenvalue weighted by Crippen LogP contribution is -2.31. The van der Waals surface area contributed by atoms with Crippen LogP contribution in [0.1, 0.15) is 25.0 Å². The fourth-order valence-corrected chi connectivity index (χ4v) is 7.27. The van der Waals surface area contributed by atoms with Crippen molar-refractivity contribution in [3.63, 3.8) is 0 Å². The average Bonchev–Trinajstić information content (AvgIpc) is 3.47. The number of anilines is 3. The van der Waals surface area contributed by atoms with Gasteiger partial charge in [-0.25, -0.2) is 4.98 Å². The van der Waals surface area contributed by atoms with Crippen molar-refractivity contribution >= 4 is 38.9 Å². The first-order valence-corrected chi connectivity index (χ1v) is 16.0. The van der Waals surface area contributed by atoms with Crippen molar-refractivity contribution in [1.29, 1.82) is 0 Å². The largest absolute Gasteiger partial charge is 0.310 e. The minimum atomic E-state index is -0.333. The fraction of sp³-hybridized carbons (Fsp3) is 0.0714. The second-order valence-corrected chi connectivity index (χ2v) is 12.5. The molecule has 1 aliphatic rings. The molecule has 8 aromatic rings. The molecule has 0 atom stereocenters. The molecular formula is C42H31N5. The van der Waals surface area contributed by atoms with E-state index < -0.39 is 0 Å². The summed E-state index contributed by atoms with van der Waals surface area (Å²) in [6.45, 7) is 4.68. The van der Waals surface area contributed by atoms with Crippen LogP contribution >= 0.6 is 0 Å². The molecule has 9 rings (SSSR count). The summed E-state index contributed by atoms with van der Waals surface area (Å²) in [6.07, 6.45) is 0. The molecule has 5 nitrogen and oxygen atoms in total. The molecule has 224 valence electrons. The molecule has 5 heteroatoms. The van der Waals surface area contributed by atoms with Crippen molar-refractivity contribution in [3.05, 3.63) is 163 Å². The lowest BCUT2D eigenvalue weighted by molar-refractivity contribution is 0.635. The van der Waals surface area contributed by atoms with Crippen molar-refractivity contribution in [1.82, 2.24) is 19.5 Å². The van der Waals surface area contributed by atoms with Gasteiger partial charge in [0.1, 0.15) is 0 Å². The third kappa shape index (κ3) is 4.20. The maximum Gasteiger partial charge on any atom is 0.238 e. The Morgan fingerprint density at radius 2 is 1.06 bits per heavy atom. The second kappa shape index (κ2) is 10.5. The summed E-state index contributed by atoms with van der Waals surface area (Å²) in [5, 5.41) is 2.33. The minimum Gasteiger partial charge on any atom is -0.310 e. The first-order chi connectivity index (χ1) is 23.1. The molecule has 0 radical (unpaired) electrons. The summed E-state index contributed by atoms with van der Waals surface area (Å²) in [6, 6.07) is 52.9. The fourth-order valence-electron chi connectivity index (χ4n) is 7.27. The maximum atomic E-state index is 5.22. The Balaban J connectivity index is 1.42. The van der Waals surface area contributed by atoms with E-state index in [0.717, 1.165) is 38.9 Å². The van der Waals surface area contributed by atoms with Crippen LogP contribution in [0.2, 0.25) is 0 Å². The number of hydrogen-bond acceptors (Lipinski definition) is 4. The number of nitrogens with zero attached hydrogens (tertiary/aromatic N) is 5. The highest BCUT2D eigenvalue weighted by molar-refractivity contribution is 6.13. The minimum absolute atomic E-state index is 0.333. The summed E-state index contributed by atoms with van der Waals surface area (Å²) in [5.41, 5.74) is 9.68. The SMILES string of the molecule is CC1(C)c2ccccc2N(c2ccccc2)c2ccc3c4ccccc4n(-c4nc(-c5ccccc5)nc(-c5ccccc5)n4)c3c21. The summed E-state index contributed by atoms with van der Waals surface area (Å²) < 4.78 is 2.27. The van der Waals surface area contributed by atoms with Gasteiger partial charge in [-0.15, -0.1) is 0 Å². The molecule has 2 aromatic heterocycles. The van der Waals surface area contributed by atoms with Gasteiger partial charge in [0, 0.05) is 38.6 Å². The quantitative estimate of drug-likeness (QED) is 0.200. The van der Waals surface area contributed by atoms with Crippen LogP contribution < -0.4 is 4.90 Å². The van der Waals surface area contributed by atoms with Crippen LogP contribution in [0.15, 0.2) is 152 Å². The van der Waals surface area contributed by atoms with Crippen LogP contribution in [-0.2, 0) is 5.41 Å². The maximum absolute atomic E-state index is 5.22. The zero-order valence-corrected chi connectivity index (χ0v) is 26.2. The van der Waals surface area contributed by atoms with E-state index in [0.29, 0.717) is 17.6 Å². The molecule has 47 heavy (non-hydrogen) atoms.